The van der Waals surface area contributed by atoms with Gasteiger partial charge in [0.25, 0.3) is 0 Å². The zero-order valence-electron chi connectivity index (χ0n) is 13.3. The number of esters is 1. The highest BCUT2D eigenvalue weighted by atomic mass is 16.6. The molecule has 0 aromatic heterocycles. The second-order valence-electron chi connectivity index (χ2n) is 6.47. The van der Waals surface area contributed by atoms with Gasteiger partial charge in [-0.1, -0.05) is 13.8 Å². The highest BCUT2D eigenvalue weighted by Gasteiger charge is 2.51. The van der Waals surface area contributed by atoms with Gasteiger partial charge >= 0.3 is 5.97 Å². The van der Waals surface area contributed by atoms with E-state index in [2.05, 4.69) is 4.90 Å². The maximum absolute atomic E-state index is 12.5. The Labute approximate surface area is 126 Å². The van der Waals surface area contributed by atoms with Crippen LogP contribution in [0.25, 0.3) is 0 Å². The Kier molecular flexibility index (Phi) is 4.92. The van der Waals surface area contributed by atoms with Gasteiger partial charge in [-0.2, -0.15) is 0 Å². The van der Waals surface area contributed by atoms with Crippen LogP contribution in [0, 0.1) is 5.92 Å². The summed E-state index contributed by atoms with van der Waals surface area (Å²) in [7, 11) is 1.46. The molecule has 0 bridgehead atoms. The number of hydrogen-bond donors (Lipinski definition) is 2. The molecule has 0 amide bonds. The van der Waals surface area contributed by atoms with E-state index in [1.54, 1.807) is 20.8 Å². The van der Waals surface area contributed by atoms with Gasteiger partial charge in [-0.05, 0) is 25.7 Å². The molecule has 122 valence electrons. The first-order valence-corrected chi connectivity index (χ1v) is 7.70. The van der Waals surface area contributed by atoms with Gasteiger partial charge in [0.15, 0.2) is 5.60 Å². The van der Waals surface area contributed by atoms with Crippen LogP contribution in [0.5, 0.6) is 0 Å². The van der Waals surface area contributed by atoms with E-state index in [0.29, 0.717) is 12.8 Å². The first-order valence-electron chi connectivity index (χ1n) is 7.70. The summed E-state index contributed by atoms with van der Waals surface area (Å²) in [6.07, 6.45) is -0.0670. The molecule has 0 aliphatic carbocycles. The molecular weight excluding hydrogens is 274 g/mol. The zero-order chi connectivity index (χ0) is 15.8. The van der Waals surface area contributed by atoms with Crippen LogP contribution >= 0.6 is 0 Å². The van der Waals surface area contributed by atoms with Gasteiger partial charge in [-0.15, -0.1) is 0 Å². The Balaban J connectivity index is 2.09. The van der Waals surface area contributed by atoms with Crippen molar-refractivity contribution in [2.45, 2.75) is 63.6 Å². The molecule has 0 saturated carbocycles. The minimum Gasteiger partial charge on any atom is -0.458 e. The van der Waals surface area contributed by atoms with Crippen molar-refractivity contribution < 1.29 is 24.5 Å². The molecule has 0 spiro atoms. The molecule has 2 saturated heterocycles. The van der Waals surface area contributed by atoms with E-state index in [1.165, 1.54) is 7.11 Å². The van der Waals surface area contributed by atoms with Crippen molar-refractivity contribution in [1.29, 1.82) is 0 Å². The second kappa shape index (κ2) is 6.20. The molecular formula is C15H27NO5. The fourth-order valence-corrected chi connectivity index (χ4v) is 3.48. The molecule has 2 N–H and O–H groups in total. The molecule has 2 heterocycles. The number of aliphatic hydroxyl groups excluding tert-OH is 1. The lowest BCUT2D eigenvalue weighted by Crippen LogP contribution is -2.55. The van der Waals surface area contributed by atoms with E-state index in [9.17, 15) is 15.0 Å². The van der Waals surface area contributed by atoms with Crippen molar-refractivity contribution in [3.05, 3.63) is 0 Å². The number of carbonyl (C=O) groups excluding carboxylic acids is 1. The van der Waals surface area contributed by atoms with Gasteiger partial charge in [0.2, 0.25) is 0 Å². The molecule has 0 aromatic carbocycles. The summed E-state index contributed by atoms with van der Waals surface area (Å²) in [5.41, 5.74) is -1.67. The predicted molar refractivity (Wildman–Crippen MR) is 76.7 cm³/mol. The molecule has 6 heteroatoms. The number of fused-ring (bicyclic) bond motifs is 1. The molecule has 0 aromatic rings. The maximum Gasteiger partial charge on any atom is 0.341 e. The Morgan fingerprint density at radius 3 is 2.48 bits per heavy atom. The number of nitrogens with zero attached hydrogens (tertiary/aromatic N) is 1. The highest BCUT2D eigenvalue weighted by Crippen LogP contribution is 2.33. The van der Waals surface area contributed by atoms with Crippen molar-refractivity contribution in [3.8, 4) is 0 Å². The number of carbonyl (C=O) groups is 1. The van der Waals surface area contributed by atoms with Gasteiger partial charge in [-0.25, -0.2) is 4.79 Å². The molecule has 5 atom stereocenters. The number of hydrogen-bond acceptors (Lipinski definition) is 6. The summed E-state index contributed by atoms with van der Waals surface area (Å²) >= 11 is 0. The molecule has 6 nitrogen and oxygen atoms in total. The lowest BCUT2D eigenvalue weighted by Gasteiger charge is -2.36. The maximum atomic E-state index is 12.5. The first-order chi connectivity index (χ1) is 9.82. The Morgan fingerprint density at radius 2 is 1.90 bits per heavy atom. The van der Waals surface area contributed by atoms with Gasteiger partial charge in [0, 0.05) is 20.2 Å². The summed E-state index contributed by atoms with van der Waals surface area (Å²) in [5.74, 6) is -0.983. The van der Waals surface area contributed by atoms with Gasteiger partial charge in [-0.3, -0.25) is 4.90 Å². The first kappa shape index (κ1) is 16.7. The van der Waals surface area contributed by atoms with Crippen LogP contribution in [0.15, 0.2) is 0 Å². The van der Waals surface area contributed by atoms with Crippen LogP contribution in [0.2, 0.25) is 0 Å². The lowest BCUT2D eigenvalue weighted by molar-refractivity contribution is -0.194. The summed E-state index contributed by atoms with van der Waals surface area (Å²) in [6, 6.07) is -0.136. The molecule has 2 rings (SSSR count). The fourth-order valence-electron chi connectivity index (χ4n) is 3.48. The van der Waals surface area contributed by atoms with E-state index in [4.69, 9.17) is 9.47 Å². The smallest absolute Gasteiger partial charge is 0.341 e. The Morgan fingerprint density at radius 1 is 1.29 bits per heavy atom. The SMILES string of the molecule is COC(C)C(O)(C(=O)OC1CCN2CC[C@H](O)C12)C(C)C. The quantitative estimate of drug-likeness (QED) is 0.704. The van der Waals surface area contributed by atoms with Gasteiger partial charge < -0.3 is 19.7 Å². The standard InChI is InChI=1S/C15H27NO5/c1-9(2)15(19,10(3)20-4)14(18)21-12-6-8-16-7-5-11(17)13(12)16/h9-13,17,19H,5-8H2,1-4H3/t10?,11-,12?,13?,15?/m0/s1. The third-order valence-electron chi connectivity index (χ3n) is 5.05. The average Bonchev–Trinajstić information content (AvgIpc) is 3.01. The minimum atomic E-state index is -1.67. The van der Waals surface area contributed by atoms with Crippen molar-refractivity contribution in [3.63, 3.8) is 0 Å². The largest absolute Gasteiger partial charge is 0.458 e. The average molecular weight is 301 g/mol. The van der Waals surface area contributed by atoms with Crippen LogP contribution in [0.1, 0.15) is 33.6 Å². The molecule has 2 fully saturated rings. The minimum absolute atomic E-state index is 0.136. The second-order valence-corrected chi connectivity index (χ2v) is 6.47. The third-order valence-corrected chi connectivity index (χ3v) is 5.05. The van der Waals surface area contributed by atoms with Crippen LogP contribution in [-0.4, -0.2) is 71.2 Å². The lowest BCUT2D eigenvalue weighted by atomic mass is 9.85. The highest BCUT2D eigenvalue weighted by molar-refractivity contribution is 5.80. The monoisotopic (exact) mass is 301 g/mol. The normalized spacial score (nSPS) is 33.8. The predicted octanol–water partition coefficient (Wildman–Crippen LogP) is 0.159. The summed E-state index contributed by atoms with van der Waals surface area (Å²) in [5, 5.41) is 20.7. The summed E-state index contributed by atoms with van der Waals surface area (Å²) in [4.78, 5) is 14.7. The molecule has 0 radical (unpaired) electrons. The fraction of sp³-hybridized carbons (Fsp3) is 0.933. The van der Waals surface area contributed by atoms with E-state index < -0.39 is 23.8 Å². The van der Waals surface area contributed by atoms with Gasteiger partial charge in [0.1, 0.15) is 6.10 Å². The van der Waals surface area contributed by atoms with E-state index in [0.717, 1.165) is 13.1 Å². The van der Waals surface area contributed by atoms with Crippen molar-refractivity contribution in [2.24, 2.45) is 5.92 Å². The van der Waals surface area contributed by atoms with Gasteiger partial charge in [0.05, 0.1) is 18.2 Å². The Bertz CT molecular complexity index is 388. The topological polar surface area (TPSA) is 79.2 Å². The van der Waals surface area contributed by atoms with E-state index in [1.807, 2.05) is 0 Å². The third kappa shape index (κ3) is 2.82. The van der Waals surface area contributed by atoms with E-state index in [-0.39, 0.29) is 18.1 Å². The van der Waals surface area contributed by atoms with Crippen LogP contribution < -0.4 is 0 Å². The van der Waals surface area contributed by atoms with Crippen molar-refractivity contribution in [2.75, 3.05) is 20.2 Å². The van der Waals surface area contributed by atoms with Crippen molar-refractivity contribution in [1.82, 2.24) is 4.90 Å². The zero-order valence-corrected chi connectivity index (χ0v) is 13.3. The Hall–Kier alpha value is -0.690. The van der Waals surface area contributed by atoms with Crippen LogP contribution in [0.4, 0.5) is 0 Å². The summed E-state index contributed by atoms with van der Waals surface area (Å²) in [6.45, 7) is 6.85. The van der Waals surface area contributed by atoms with Crippen LogP contribution in [-0.2, 0) is 14.3 Å². The number of rotatable bonds is 5. The number of ether oxygens (including phenoxy) is 2. The number of aliphatic hydroxyl groups is 2. The number of methoxy groups -OCH3 is 1. The molecule has 21 heavy (non-hydrogen) atoms. The molecule has 2 aliphatic rings. The molecule has 2 aliphatic heterocycles. The summed E-state index contributed by atoms with van der Waals surface area (Å²) < 4.78 is 10.7. The molecule has 4 unspecified atom stereocenters. The van der Waals surface area contributed by atoms with E-state index >= 15 is 0 Å². The van der Waals surface area contributed by atoms with Crippen LogP contribution in [0.3, 0.4) is 0 Å². The van der Waals surface area contributed by atoms with Crippen molar-refractivity contribution >= 4 is 5.97 Å².